The van der Waals surface area contributed by atoms with Crippen LogP contribution in [0.25, 0.3) is 22.7 Å². The van der Waals surface area contributed by atoms with Crippen LogP contribution in [0.4, 0.5) is 4.39 Å². The molecular formula is C20H16FN3O3. The van der Waals surface area contributed by atoms with E-state index in [-0.39, 0.29) is 5.56 Å². The number of nitriles is 1. The molecule has 0 aliphatic rings. The number of carbonyl (C=O) groups is 1. The molecule has 0 aliphatic carbocycles. The SMILES string of the molecule is CCO/C=C\c1c2c(C(=O)OC)cc(F)cc2nn1-c1ccc(C#N)cc1. The molecule has 0 saturated heterocycles. The van der Waals surface area contributed by atoms with Crippen LogP contribution in [0.2, 0.25) is 0 Å². The Bertz CT molecular complexity index is 1060. The largest absolute Gasteiger partial charge is 0.501 e. The van der Waals surface area contributed by atoms with Gasteiger partial charge in [-0.1, -0.05) is 0 Å². The summed E-state index contributed by atoms with van der Waals surface area (Å²) in [5.74, 6) is -1.25. The minimum absolute atomic E-state index is 0.0727. The van der Waals surface area contributed by atoms with Gasteiger partial charge in [0, 0.05) is 11.5 Å². The third-order valence-electron chi connectivity index (χ3n) is 3.91. The van der Waals surface area contributed by atoms with Crippen LogP contribution < -0.4 is 0 Å². The molecule has 0 aliphatic heterocycles. The first-order valence-electron chi connectivity index (χ1n) is 8.18. The fourth-order valence-electron chi connectivity index (χ4n) is 2.72. The number of methoxy groups -OCH3 is 1. The molecule has 0 amide bonds. The van der Waals surface area contributed by atoms with E-state index in [0.717, 1.165) is 6.07 Å². The topological polar surface area (TPSA) is 77.1 Å². The Morgan fingerprint density at radius 2 is 2.07 bits per heavy atom. The van der Waals surface area contributed by atoms with E-state index >= 15 is 0 Å². The second-order valence-electron chi connectivity index (χ2n) is 5.55. The number of esters is 1. The van der Waals surface area contributed by atoms with Gasteiger partial charge in [0.1, 0.15) is 5.82 Å². The molecule has 27 heavy (non-hydrogen) atoms. The number of fused-ring (bicyclic) bond motifs is 1. The van der Waals surface area contributed by atoms with Gasteiger partial charge in [-0.05, 0) is 43.3 Å². The average Bonchev–Trinajstić information content (AvgIpc) is 3.05. The summed E-state index contributed by atoms with van der Waals surface area (Å²) in [4.78, 5) is 12.2. The van der Waals surface area contributed by atoms with Gasteiger partial charge >= 0.3 is 5.97 Å². The molecule has 2 aromatic carbocycles. The predicted molar refractivity (Wildman–Crippen MR) is 97.7 cm³/mol. The summed E-state index contributed by atoms with van der Waals surface area (Å²) in [7, 11) is 1.24. The zero-order valence-electron chi connectivity index (χ0n) is 14.8. The Hall–Kier alpha value is -3.66. The van der Waals surface area contributed by atoms with Crippen LogP contribution in [-0.4, -0.2) is 29.5 Å². The van der Waals surface area contributed by atoms with Crippen molar-refractivity contribution in [3.05, 3.63) is 65.3 Å². The first-order chi connectivity index (χ1) is 13.1. The van der Waals surface area contributed by atoms with Gasteiger partial charge in [0.15, 0.2) is 0 Å². The number of hydrogen-bond acceptors (Lipinski definition) is 5. The molecule has 1 aromatic heterocycles. The lowest BCUT2D eigenvalue weighted by atomic mass is 10.1. The van der Waals surface area contributed by atoms with Gasteiger partial charge in [0.05, 0.1) is 54.1 Å². The summed E-state index contributed by atoms with van der Waals surface area (Å²) in [5, 5.41) is 13.9. The van der Waals surface area contributed by atoms with Crippen molar-refractivity contribution in [3.63, 3.8) is 0 Å². The van der Waals surface area contributed by atoms with E-state index in [1.165, 1.54) is 19.4 Å². The first-order valence-corrected chi connectivity index (χ1v) is 8.18. The van der Waals surface area contributed by atoms with Crippen molar-refractivity contribution in [2.75, 3.05) is 13.7 Å². The maximum Gasteiger partial charge on any atom is 0.338 e. The van der Waals surface area contributed by atoms with E-state index in [2.05, 4.69) is 11.2 Å². The molecule has 1 heterocycles. The quantitative estimate of drug-likeness (QED) is 0.507. The monoisotopic (exact) mass is 365 g/mol. The first kappa shape index (κ1) is 18.1. The van der Waals surface area contributed by atoms with Crippen LogP contribution in [0.15, 0.2) is 42.7 Å². The molecule has 0 atom stereocenters. The molecule has 0 spiro atoms. The van der Waals surface area contributed by atoms with E-state index in [0.29, 0.717) is 34.5 Å². The minimum atomic E-state index is -0.662. The van der Waals surface area contributed by atoms with Crippen LogP contribution in [-0.2, 0) is 9.47 Å². The predicted octanol–water partition coefficient (Wildman–Crippen LogP) is 3.83. The van der Waals surface area contributed by atoms with Gasteiger partial charge in [0.25, 0.3) is 0 Å². The van der Waals surface area contributed by atoms with E-state index in [4.69, 9.17) is 14.7 Å². The molecule has 3 rings (SSSR count). The second kappa shape index (κ2) is 7.70. The zero-order chi connectivity index (χ0) is 19.4. The molecule has 3 aromatic rings. The van der Waals surface area contributed by atoms with Crippen molar-refractivity contribution in [3.8, 4) is 11.8 Å². The minimum Gasteiger partial charge on any atom is -0.501 e. The maximum absolute atomic E-state index is 14.0. The lowest BCUT2D eigenvalue weighted by Crippen LogP contribution is -2.03. The Labute approximate surface area is 155 Å². The van der Waals surface area contributed by atoms with Crippen molar-refractivity contribution < 1.29 is 18.7 Å². The molecule has 136 valence electrons. The molecule has 7 heteroatoms. The fourth-order valence-corrected chi connectivity index (χ4v) is 2.72. The normalized spacial score (nSPS) is 10.9. The smallest absolute Gasteiger partial charge is 0.338 e. The molecular weight excluding hydrogens is 349 g/mol. The van der Waals surface area contributed by atoms with E-state index in [1.807, 2.05) is 6.92 Å². The third kappa shape index (κ3) is 3.51. The fraction of sp³-hybridized carbons (Fsp3) is 0.150. The van der Waals surface area contributed by atoms with Crippen molar-refractivity contribution in [2.24, 2.45) is 0 Å². The average molecular weight is 365 g/mol. The number of hydrogen-bond donors (Lipinski definition) is 0. The lowest BCUT2D eigenvalue weighted by Gasteiger charge is -2.06. The Morgan fingerprint density at radius 1 is 1.33 bits per heavy atom. The summed E-state index contributed by atoms with van der Waals surface area (Å²) in [5.41, 5.74) is 2.06. The highest BCUT2D eigenvalue weighted by Crippen LogP contribution is 2.28. The van der Waals surface area contributed by atoms with Gasteiger partial charge in [-0.3, -0.25) is 0 Å². The summed E-state index contributed by atoms with van der Waals surface area (Å²) in [6.07, 6.45) is 3.14. The number of aromatic nitrogens is 2. The van der Waals surface area contributed by atoms with Crippen LogP contribution in [0.5, 0.6) is 0 Å². The number of rotatable bonds is 5. The summed E-state index contributed by atoms with van der Waals surface area (Å²) in [6.45, 7) is 2.31. The molecule has 0 fully saturated rings. The highest BCUT2D eigenvalue weighted by atomic mass is 19.1. The van der Waals surface area contributed by atoms with Crippen LogP contribution in [0, 0.1) is 17.1 Å². The number of halogens is 1. The van der Waals surface area contributed by atoms with E-state index in [9.17, 15) is 9.18 Å². The number of nitrogens with zero attached hydrogens (tertiary/aromatic N) is 3. The number of benzene rings is 2. The molecule has 0 bridgehead atoms. The van der Waals surface area contributed by atoms with Crippen LogP contribution in [0.1, 0.15) is 28.5 Å². The lowest BCUT2D eigenvalue weighted by molar-refractivity contribution is 0.0602. The summed E-state index contributed by atoms with van der Waals surface area (Å²) >= 11 is 0. The van der Waals surface area contributed by atoms with Crippen LogP contribution >= 0.6 is 0 Å². The Kier molecular flexibility index (Phi) is 5.18. The van der Waals surface area contributed by atoms with Crippen molar-refractivity contribution in [2.45, 2.75) is 6.92 Å². The van der Waals surface area contributed by atoms with Gasteiger partial charge in [-0.15, -0.1) is 0 Å². The van der Waals surface area contributed by atoms with Crippen molar-refractivity contribution >= 4 is 22.9 Å². The van der Waals surface area contributed by atoms with Gasteiger partial charge in [-0.25, -0.2) is 13.9 Å². The van der Waals surface area contributed by atoms with Gasteiger partial charge < -0.3 is 9.47 Å². The van der Waals surface area contributed by atoms with Crippen molar-refractivity contribution in [1.29, 1.82) is 5.26 Å². The molecule has 0 unspecified atom stereocenters. The third-order valence-corrected chi connectivity index (χ3v) is 3.91. The number of carbonyl (C=O) groups excluding carboxylic acids is 1. The highest BCUT2D eigenvalue weighted by molar-refractivity contribution is 6.06. The maximum atomic E-state index is 14.0. The Balaban J connectivity index is 2.30. The molecule has 0 N–H and O–H groups in total. The molecule has 6 nitrogen and oxygen atoms in total. The molecule has 0 saturated carbocycles. The Morgan fingerprint density at radius 3 is 2.70 bits per heavy atom. The number of ether oxygens (including phenoxy) is 2. The van der Waals surface area contributed by atoms with E-state index in [1.54, 1.807) is 35.0 Å². The van der Waals surface area contributed by atoms with E-state index < -0.39 is 11.8 Å². The molecule has 0 radical (unpaired) electrons. The second-order valence-corrected chi connectivity index (χ2v) is 5.55. The summed E-state index contributed by atoms with van der Waals surface area (Å²) < 4.78 is 25.6. The standard InChI is InChI=1S/C20H16FN3O3/c1-3-27-9-8-18-19-16(20(25)26-2)10-14(21)11-17(19)23-24(18)15-6-4-13(12-22)5-7-15/h4-11H,3H2,1-2H3/b9-8-. The van der Waals surface area contributed by atoms with Crippen LogP contribution in [0.3, 0.4) is 0 Å². The van der Waals surface area contributed by atoms with Crippen molar-refractivity contribution in [1.82, 2.24) is 9.78 Å². The summed E-state index contributed by atoms with van der Waals surface area (Å²) in [6, 6.07) is 11.2. The van der Waals surface area contributed by atoms with Gasteiger partial charge in [-0.2, -0.15) is 10.4 Å². The zero-order valence-corrected chi connectivity index (χ0v) is 14.8. The van der Waals surface area contributed by atoms with Gasteiger partial charge in [0.2, 0.25) is 0 Å². The highest BCUT2D eigenvalue weighted by Gasteiger charge is 2.20.